The van der Waals surface area contributed by atoms with Crippen LogP contribution in [0.1, 0.15) is 30.0 Å². The Balaban J connectivity index is 1.51. The van der Waals surface area contributed by atoms with Gasteiger partial charge in [0.05, 0.1) is 18.4 Å². The first-order valence-corrected chi connectivity index (χ1v) is 10.3. The van der Waals surface area contributed by atoms with Crippen LogP contribution in [0.15, 0.2) is 59.1 Å². The number of benzene rings is 2. The highest BCUT2D eigenvalue weighted by atomic mass is 79.9. The molecular weight excluding hydrogens is 404 g/mol. The van der Waals surface area contributed by atoms with Gasteiger partial charge < -0.3 is 0 Å². The molecule has 0 aromatic heterocycles. The molecule has 3 aliphatic rings. The van der Waals surface area contributed by atoms with Crippen molar-refractivity contribution in [2.45, 2.75) is 31.5 Å². The van der Waals surface area contributed by atoms with E-state index in [4.69, 9.17) is 0 Å². The van der Waals surface area contributed by atoms with Crippen LogP contribution in [0, 0.1) is 11.8 Å². The summed E-state index contributed by atoms with van der Waals surface area (Å²) in [5.41, 5.74) is 2.14. The zero-order valence-electron chi connectivity index (χ0n) is 14.9. The number of fused-ring (bicyclic) bond motifs is 3. The quantitative estimate of drug-likeness (QED) is 0.704. The van der Waals surface area contributed by atoms with Crippen molar-refractivity contribution in [3.05, 3.63) is 70.2 Å². The monoisotopic (exact) mass is 424 g/mol. The molecular formula is C22H21BrN2O2. The Kier molecular flexibility index (Phi) is 4.17. The van der Waals surface area contributed by atoms with Crippen LogP contribution in [0.2, 0.25) is 0 Å². The predicted octanol–water partition coefficient (Wildman–Crippen LogP) is 3.77. The Labute approximate surface area is 167 Å². The average molecular weight is 425 g/mol. The van der Waals surface area contributed by atoms with Crippen LogP contribution in [-0.4, -0.2) is 34.2 Å². The molecule has 2 aromatic rings. The fraction of sp³-hybridized carbons (Fsp3) is 0.364. The molecule has 3 fully saturated rings. The minimum absolute atomic E-state index is 0.00354. The van der Waals surface area contributed by atoms with Gasteiger partial charge >= 0.3 is 0 Å². The van der Waals surface area contributed by atoms with E-state index in [0.29, 0.717) is 6.54 Å². The zero-order valence-corrected chi connectivity index (χ0v) is 16.5. The van der Waals surface area contributed by atoms with Gasteiger partial charge in [-0.3, -0.25) is 19.4 Å². The summed E-state index contributed by atoms with van der Waals surface area (Å²) in [5, 5.41) is 0. The number of amides is 2. The summed E-state index contributed by atoms with van der Waals surface area (Å²) in [7, 11) is 0. The van der Waals surface area contributed by atoms with Crippen molar-refractivity contribution in [2.24, 2.45) is 11.8 Å². The SMILES string of the molecule is O=C1[C@@H]2[C@H](C(=O)N1Cc1ccccc1)[C@H](c1ccc(Br)cc1)N1CCC[C@@H]21. The molecule has 0 bridgehead atoms. The van der Waals surface area contributed by atoms with E-state index in [1.165, 1.54) is 4.90 Å². The first kappa shape index (κ1) is 17.1. The standard InChI is InChI=1S/C22H21BrN2O2/c23-16-10-8-15(9-11-16)20-19-18(17-7-4-12-24(17)20)21(26)25(22(19)27)13-14-5-2-1-3-6-14/h1-3,5-6,8-11,17-20H,4,7,12-13H2/t17-,18-,19-,20-/m0/s1. The lowest BCUT2D eigenvalue weighted by Crippen LogP contribution is -2.38. The zero-order chi connectivity index (χ0) is 18.5. The summed E-state index contributed by atoms with van der Waals surface area (Å²) >= 11 is 3.49. The van der Waals surface area contributed by atoms with E-state index < -0.39 is 0 Å². The molecule has 3 saturated heterocycles. The number of hydrogen-bond donors (Lipinski definition) is 0. The van der Waals surface area contributed by atoms with Gasteiger partial charge in [0.1, 0.15) is 0 Å². The van der Waals surface area contributed by atoms with E-state index in [1.807, 2.05) is 42.5 Å². The minimum atomic E-state index is -0.257. The lowest BCUT2D eigenvalue weighted by Gasteiger charge is -2.29. The van der Waals surface area contributed by atoms with Crippen LogP contribution in [0.25, 0.3) is 0 Å². The lowest BCUT2D eigenvalue weighted by atomic mass is 9.85. The van der Waals surface area contributed by atoms with Crippen molar-refractivity contribution in [1.29, 1.82) is 0 Å². The van der Waals surface area contributed by atoms with Gasteiger partial charge in [0.25, 0.3) is 0 Å². The molecule has 4 atom stereocenters. The van der Waals surface area contributed by atoms with Crippen molar-refractivity contribution in [3.63, 3.8) is 0 Å². The predicted molar refractivity (Wildman–Crippen MR) is 106 cm³/mol. The van der Waals surface area contributed by atoms with Gasteiger partial charge in [0.2, 0.25) is 11.8 Å². The topological polar surface area (TPSA) is 40.6 Å². The van der Waals surface area contributed by atoms with Crippen LogP contribution >= 0.6 is 15.9 Å². The van der Waals surface area contributed by atoms with Crippen LogP contribution in [0.4, 0.5) is 0 Å². The average Bonchev–Trinajstić information content (AvgIpc) is 3.32. The molecule has 0 N–H and O–H groups in total. The molecule has 3 heterocycles. The maximum Gasteiger partial charge on any atom is 0.235 e. The number of likely N-dealkylation sites (tertiary alicyclic amines) is 1. The van der Waals surface area contributed by atoms with Crippen LogP contribution < -0.4 is 0 Å². The molecule has 0 aliphatic carbocycles. The number of rotatable bonds is 3. The van der Waals surface area contributed by atoms with Crippen LogP contribution in [0.5, 0.6) is 0 Å². The molecule has 5 heteroatoms. The Morgan fingerprint density at radius 3 is 2.37 bits per heavy atom. The first-order valence-electron chi connectivity index (χ1n) is 9.55. The molecule has 0 saturated carbocycles. The minimum Gasteiger partial charge on any atom is -0.292 e. The molecule has 3 aliphatic heterocycles. The number of nitrogens with zero attached hydrogens (tertiary/aromatic N) is 2. The van der Waals surface area contributed by atoms with Gasteiger partial charge in [0, 0.05) is 16.6 Å². The third kappa shape index (κ3) is 2.67. The smallest absolute Gasteiger partial charge is 0.235 e. The van der Waals surface area contributed by atoms with Crippen LogP contribution in [-0.2, 0) is 16.1 Å². The molecule has 2 aromatic carbocycles. The highest BCUT2D eigenvalue weighted by Gasteiger charge is 2.62. The summed E-state index contributed by atoms with van der Waals surface area (Å²) < 4.78 is 1.03. The number of carbonyl (C=O) groups is 2. The molecule has 4 nitrogen and oxygen atoms in total. The van der Waals surface area contributed by atoms with Crippen LogP contribution in [0.3, 0.4) is 0 Å². The normalized spacial score (nSPS) is 30.0. The number of hydrogen-bond acceptors (Lipinski definition) is 3. The third-order valence-corrected chi connectivity index (χ3v) is 6.87. The van der Waals surface area contributed by atoms with E-state index in [9.17, 15) is 9.59 Å². The Morgan fingerprint density at radius 2 is 1.63 bits per heavy atom. The van der Waals surface area contributed by atoms with E-state index in [1.54, 1.807) is 0 Å². The van der Waals surface area contributed by atoms with Crippen molar-refractivity contribution in [3.8, 4) is 0 Å². The summed E-state index contributed by atoms with van der Waals surface area (Å²) in [5.74, 6) is -0.438. The van der Waals surface area contributed by atoms with Crippen molar-refractivity contribution in [1.82, 2.24) is 9.80 Å². The second-order valence-electron chi connectivity index (χ2n) is 7.74. The molecule has 0 radical (unpaired) electrons. The van der Waals surface area contributed by atoms with E-state index in [0.717, 1.165) is 35.0 Å². The summed E-state index contributed by atoms with van der Waals surface area (Å²) in [6.07, 6.45) is 2.10. The second kappa shape index (κ2) is 6.57. The van der Waals surface area contributed by atoms with Gasteiger partial charge in [-0.1, -0.05) is 58.4 Å². The highest BCUT2D eigenvalue weighted by molar-refractivity contribution is 9.10. The van der Waals surface area contributed by atoms with Crippen molar-refractivity contribution < 1.29 is 9.59 Å². The molecule has 138 valence electrons. The van der Waals surface area contributed by atoms with Gasteiger partial charge in [-0.2, -0.15) is 0 Å². The largest absolute Gasteiger partial charge is 0.292 e. The molecule has 5 rings (SSSR count). The van der Waals surface area contributed by atoms with Gasteiger partial charge in [0.15, 0.2) is 0 Å². The Morgan fingerprint density at radius 1 is 0.926 bits per heavy atom. The lowest BCUT2D eigenvalue weighted by molar-refractivity contribution is -0.142. The van der Waals surface area contributed by atoms with Gasteiger partial charge in [-0.25, -0.2) is 0 Å². The molecule has 0 spiro atoms. The van der Waals surface area contributed by atoms with Crippen molar-refractivity contribution >= 4 is 27.7 Å². The number of halogens is 1. The van der Waals surface area contributed by atoms with E-state index >= 15 is 0 Å². The second-order valence-corrected chi connectivity index (χ2v) is 8.66. The summed E-state index contributed by atoms with van der Waals surface area (Å²) in [6, 6.07) is 18.2. The number of imide groups is 1. The summed E-state index contributed by atoms with van der Waals surface area (Å²) in [4.78, 5) is 30.5. The van der Waals surface area contributed by atoms with Gasteiger partial charge in [-0.15, -0.1) is 0 Å². The summed E-state index contributed by atoms with van der Waals surface area (Å²) in [6.45, 7) is 1.35. The maximum absolute atomic E-state index is 13.4. The Hall–Kier alpha value is -1.98. The maximum atomic E-state index is 13.4. The highest BCUT2D eigenvalue weighted by Crippen LogP contribution is 2.53. The fourth-order valence-electron chi connectivity index (χ4n) is 5.24. The molecule has 2 amide bonds. The third-order valence-electron chi connectivity index (χ3n) is 6.34. The van der Waals surface area contributed by atoms with E-state index in [2.05, 4.69) is 33.0 Å². The van der Waals surface area contributed by atoms with E-state index in [-0.39, 0.29) is 35.7 Å². The van der Waals surface area contributed by atoms with Gasteiger partial charge in [-0.05, 0) is 42.6 Å². The molecule has 0 unspecified atom stereocenters. The van der Waals surface area contributed by atoms with Crippen molar-refractivity contribution in [2.75, 3.05) is 6.54 Å². The fourth-order valence-corrected chi connectivity index (χ4v) is 5.51. The number of carbonyl (C=O) groups excluding carboxylic acids is 2. The Bertz CT molecular complexity index is 883. The first-order chi connectivity index (χ1) is 13.1. The molecule has 27 heavy (non-hydrogen) atoms.